The van der Waals surface area contributed by atoms with Crippen LogP contribution in [0.15, 0.2) is 41.8 Å². The summed E-state index contributed by atoms with van der Waals surface area (Å²) in [6.45, 7) is 3.25. The first-order chi connectivity index (χ1) is 9.83. The Morgan fingerprint density at radius 1 is 1.25 bits per heavy atom. The van der Waals surface area contributed by atoms with Crippen LogP contribution in [0.4, 0.5) is 0 Å². The first-order valence-electron chi connectivity index (χ1n) is 7.23. The molecule has 0 spiro atoms. The monoisotopic (exact) mass is 289 g/mol. The molecule has 0 bridgehead atoms. The van der Waals surface area contributed by atoms with E-state index in [-0.39, 0.29) is 0 Å². The number of rotatable bonds is 8. The molecule has 20 heavy (non-hydrogen) atoms. The smallest absolute Gasteiger partial charge is 0.119 e. The molecule has 0 aliphatic carbocycles. The highest BCUT2D eigenvalue weighted by Gasteiger charge is 2.11. The number of thiophene rings is 1. The molecule has 108 valence electrons. The summed E-state index contributed by atoms with van der Waals surface area (Å²) < 4.78 is 5.33. The van der Waals surface area contributed by atoms with Crippen LogP contribution in [0.5, 0.6) is 5.75 Å². The average molecular weight is 289 g/mol. The van der Waals surface area contributed by atoms with Crippen LogP contribution in [0.25, 0.3) is 0 Å². The largest absolute Gasteiger partial charge is 0.497 e. The van der Waals surface area contributed by atoms with Crippen LogP contribution < -0.4 is 10.1 Å². The van der Waals surface area contributed by atoms with Crippen molar-refractivity contribution in [3.05, 3.63) is 52.2 Å². The third kappa shape index (κ3) is 4.36. The maximum atomic E-state index is 5.33. The Labute approximate surface area is 125 Å². The van der Waals surface area contributed by atoms with Crippen molar-refractivity contribution in [2.75, 3.05) is 13.7 Å². The minimum Gasteiger partial charge on any atom is -0.497 e. The molecule has 1 heterocycles. The summed E-state index contributed by atoms with van der Waals surface area (Å²) in [5, 5.41) is 5.80. The lowest BCUT2D eigenvalue weighted by molar-refractivity contribution is 0.412. The molecule has 0 saturated heterocycles. The van der Waals surface area contributed by atoms with Crippen LogP contribution in [0.1, 0.15) is 36.2 Å². The molecule has 2 nitrogen and oxygen atoms in total. The lowest BCUT2D eigenvalue weighted by atomic mass is 10.0. The third-order valence-corrected chi connectivity index (χ3v) is 4.33. The van der Waals surface area contributed by atoms with E-state index in [9.17, 15) is 0 Å². The Balaban J connectivity index is 2.05. The summed E-state index contributed by atoms with van der Waals surface area (Å²) in [4.78, 5) is 1.45. The van der Waals surface area contributed by atoms with Gasteiger partial charge in [-0.1, -0.05) is 25.1 Å². The van der Waals surface area contributed by atoms with E-state index < -0.39 is 0 Å². The van der Waals surface area contributed by atoms with Crippen LogP contribution in [0.3, 0.4) is 0 Å². The van der Waals surface area contributed by atoms with Gasteiger partial charge in [0.15, 0.2) is 0 Å². The maximum Gasteiger partial charge on any atom is 0.119 e. The number of hydrogen-bond donors (Lipinski definition) is 1. The van der Waals surface area contributed by atoms with Gasteiger partial charge >= 0.3 is 0 Å². The Bertz CT molecular complexity index is 495. The normalized spacial score (nSPS) is 12.3. The van der Waals surface area contributed by atoms with Crippen molar-refractivity contribution in [1.82, 2.24) is 5.32 Å². The highest BCUT2D eigenvalue weighted by molar-refractivity contribution is 7.09. The van der Waals surface area contributed by atoms with Gasteiger partial charge in [-0.25, -0.2) is 0 Å². The minimum atomic E-state index is 0.396. The van der Waals surface area contributed by atoms with Crippen molar-refractivity contribution >= 4 is 11.3 Å². The number of aryl methyl sites for hydroxylation is 1. The van der Waals surface area contributed by atoms with Crippen molar-refractivity contribution in [3.8, 4) is 5.75 Å². The summed E-state index contributed by atoms with van der Waals surface area (Å²) >= 11 is 1.84. The number of ether oxygens (including phenoxy) is 1. The van der Waals surface area contributed by atoms with Gasteiger partial charge in [-0.2, -0.15) is 0 Å². The van der Waals surface area contributed by atoms with Gasteiger partial charge < -0.3 is 10.1 Å². The predicted octanol–water partition coefficient (Wildman–Crippen LogP) is 4.43. The molecular formula is C17H23NOS. The zero-order valence-electron chi connectivity index (χ0n) is 12.3. The van der Waals surface area contributed by atoms with Gasteiger partial charge in [0.25, 0.3) is 0 Å². The first-order valence-corrected chi connectivity index (χ1v) is 8.11. The van der Waals surface area contributed by atoms with E-state index in [0.29, 0.717) is 6.04 Å². The van der Waals surface area contributed by atoms with Gasteiger partial charge in [0.1, 0.15) is 5.75 Å². The molecule has 0 amide bonds. The number of hydrogen-bond acceptors (Lipinski definition) is 3. The van der Waals surface area contributed by atoms with Crippen molar-refractivity contribution < 1.29 is 4.74 Å². The molecule has 1 aromatic heterocycles. The molecule has 1 aromatic carbocycles. The fraction of sp³-hybridized carbons (Fsp3) is 0.412. The average Bonchev–Trinajstić information content (AvgIpc) is 3.01. The molecule has 2 rings (SSSR count). The Hall–Kier alpha value is -1.32. The molecule has 1 atom stereocenters. The lowest BCUT2D eigenvalue weighted by Crippen LogP contribution is -2.22. The SMILES string of the molecule is CCCNC(CCc1cccs1)c1cccc(OC)c1. The summed E-state index contributed by atoms with van der Waals surface area (Å²) in [6, 6.07) is 13.1. The van der Waals surface area contributed by atoms with Gasteiger partial charge in [-0.3, -0.25) is 0 Å². The molecule has 3 heteroatoms. The molecule has 0 radical (unpaired) electrons. The van der Waals surface area contributed by atoms with E-state index in [1.165, 1.54) is 10.4 Å². The van der Waals surface area contributed by atoms with E-state index in [1.54, 1.807) is 7.11 Å². The third-order valence-electron chi connectivity index (χ3n) is 3.40. The van der Waals surface area contributed by atoms with Crippen LogP contribution in [-0.2, 0) is 6.42 Å². The number of benzene rings is 1. The van der Waals surface area contributed by atoms with E-state index in [4.69, 9.17) is 4.74 Å². The van der Waals surface area contributed by atoms with Gasteiger partial charge in [0, 0.05) is 10.9 Å². The summed E-state index contributed by atoms with van der Waals surface area (Å²) in [5.41, 5.74) is 1.31. The topological polar surface area (TPSA) is 21.3 Å². The highest BCUT2D eigenvalue weighted by Crippen LogP contribution is 2.24. The van der Waals surface area contributed by atoms with Gasteiger partial charge in [0.2, 0.25) is 0 Å². The molecule has 0 aliphatic rings. The number of nitrogens with one attached hydrogen (secondary N) is 1. The van der Waals surface area contributed by atoms with Gasteiger partial charge in [0.05, 0.1) is 7.11 Å². The van der Waals surface area contributed by atoms with Crippen molar-refractivity contribution in [1.29, 1.82) is 0 Å². The molecule has 0 aliphatic heterocycles. The fourth-order valence-corrected chi connectivity index (χ4v) is 3.03. The van der Waals surface area contributed by atoms with Gasteiger partial charge in [-0.05, 0) is 54.9 Å². The minimum absolute atomic E-state index is 0.396. The molecular weight excluding hydrogens is 266 g/mol. The van der Waals surface area contributed by atoms with Crippen LogP contribution >= 0.6 is 11.3 Å². The standard InChI is InChI=1S/C17H23NOS/c1-3-11-18-17(10-9-16-8-5-12-20-16)14-6-4-7-15(13-14)19-2/h4-8,12-13,17-18H,3,9-11H2,1-2H3. The summed E-state index contributed by atoms with van der Waals surface area (Å²) in [6.07, 6.45) is 3.39. The fourth-order valence-electron chi connectivity index (χ4n) is 2.30. The second kappa shape index (κ2) is 8.08. The molecule has 0 fully saturated rings. The summed E-state index contributed by atoms with van der Waals surface area (Å²) in [5.74, 6) is 0.932. The van der Waals surface area contributed by atoms with E-state index in [1.807, 2.05) is 17.4 Å². The van der Waals surface area contributed by atoms with Crippen molar-refractivity contribution in [2.24, 2.45) is 0 Å². The van der Waals surface area contributed by atoms with E-state index in [0.717, 1.165) is 31.6 Å². The zero-order chi connectivity index (χ0) is 14.2. The molecule has 0 saturated carbocycles. The zero-order valence-corrected chi connectivity index (χ0v) is 13.1. The maximum absolute atomic E-state index is 5.33. The quantitative estimate of drug-likeness (QED) is 0.776. The Kier molecular flexibility index (Phi) is 6.09. The van der Waals surface area contributed by atoms with E-state index in [2.05, 4.69) is 48.0 Å². The van der Waals surface area contributed by atoms with Crippen LogP contribution in [-0.4, -0.2) is 13.7 Å². The molecule has 1 N–H and O–H groups in total. The molecule has 2 aromatic rings. The second-order valence-corrected chi connectivity index (χ2v) is 5.93. The highest BCUT2D eigenvalue weighted by atomic mass is 32.1. The number of methoxy groups -OCH3 is 1. The first kappa shape index (κ1) is 15.1. The Morgan fingerprint density at radius 2 is 2.15 bits per heavy atom. The van der Waals surface area contributed by atoms with Crippen LogP contribution in [0, 0.1) is 0 Å². The lowest BCUT2D eigenvalue weighted by Gasteiger charge is -2.19. The summed E-state index contributed by atoms with van der Waals surface area (Å²) in [7, 11) is 1.72. The Morgan fingerprint density at radius 3 is 2.85 bits per heavy atom. The second-order valence-electron chi connectivity index (χ2n) is 4.90. The molecule has 1 unspecified atom stereocenters. The van der Waals surface area contributed by atoms with Gasteiger partial charge in [-0.15, -0.1) is 11.3 Å². The van der Waals surface area contributed by atoms with E-state index >= 15 is 0 Å². The van der Waals surface area contributed by atoms with Crippen molar-refractivity contribution in [3.63, 3.8) is 0 Å². The van der Waals surface area contributed by atoms with Crippen molar-refractivity contribution in [2.45, 2.75) is 32.2 Å². The predicted molar refractivity (Wildman–Crippen MR) is 86.7 cm³/mol. The van der Waals surface area contributed by atoms with Crippen LogP contribution in [0.2, 0.25) is 0 Å².